The summed E-state index contributed by atoms with van der Waals surface area (Å²) in [6, 6.07) is 14.8. The van der Waals surface area contributed by atoms with E-state index in [2.05, 4.69) is 76.3 Å². The number of benzene rings is 1. The third-order valence-electron chi connectivity index (χ3n) is 4.78. The summed E-state index contributed by atoms with van der Waals surface area (Å²) in [5.74, 6) is 0. The normalized spacial score (nSPS) is 19.7. The fourth-order valence-electron chi connectivity index (χ4n) is 3.76. The highest BCUT2D eigenvalue weighted by Gasteiger charge is 2.41. The fourth-order valence-corrected chi connectivity index (χ4v) is 4.11. The standard InChI is InChI=1S/C21H22N4S/c1-14-10-15(2)12-17(11-14)25-20(16-7-9-24(3)13-16)19(23-21(25)26)18-6-4-5-8-22-18/h4-13,19-20H,1-3H3,(H,23,26)/t19-,20+/m0/s1. The van der Waals surface area contributed by atoms with Crippen LogP contribution in [0.15, 0.2) is 61.1 Å². The van der Waals surface area contributed by atoms with E-state index >= 15 is 0 Å². The Morgan fingerprint density at radius 2 is 1.85 bits per heavy atom. The lowest BCUT2D eigenvalue weighted by Gasteiger charge is -2.27. The number of aryl methyl sites for hydroxylation is 3. The van der Waals surface area contributed by atoms with Gasteiger partial charge in [0.2, 0.25) is 0 Å². The summed E-state index contributed by atoms with van der Waals surface area (Å²) in [5.41, 5.74) is 5.80. The Balaban J connectivity index is 1.85. The first-order chi connectivity index (χ1) is 12.5. The van der Waals surface area contributed by atoms with E-state index < -0.39 is 0 Å². The molecule has 1 fully saturated rings. The van der Waals surface area contributed by atoms with E-state index in [1.807, 2.05) is 25.4 Å². The van der Waals surface area contributed by atoms with Gasteiger partial charge in [-0.25, -0.2) is 0 Å². The molecule has 1 aliphatic rings. The van der Waals surface area contributed by atoms with Gasteiger partial charge in [0, 0.05) is 31.3 Å². The van der Waals surface area contributed by atoms with Crippen molar-refractivity contribution in [2.24, 2.45) is 7.05 Å². The Morgan fingerprint density at radius 3 is 2.46 bits per heavy atom. The topological polar surface area (TPSA) is 33.1 Å². The summed E-state index contributed by atoms with van der Waals surface area (Å²) in [6.07, 6.45) is 6.07. The molecular formula is C21H22N4S. The second-order valence-corrected chi connectivity index (χ2v) is 7.34. The zero-order chi connectivity index (χ0) is 18.3. The molecule has 2 aromatic heterocycles. The lowest BCUT2D eigenvalue weighted by molar-refractivity contribution is 0.567. The van der Waals surface area contributed by atoms with Crippen LogP contribution < -0.4 is 10.2 Å². The molecule has 1 N–H and O–H groups in total. The van der Waals surface area contributed by atoms with Gasteiger partial charge >= 0.3 is 0 Å². The van der Waals surface area contributed by atoms with Gasteiger partial charge in [-0.05, 0) is 73.1 Å². The zero-order valence-electron chi connectivity index (χ0n) is 15.2. The molecular weight excluding hydrogens is 340 g/mol. The van der Waals surface area contributed by atoms with Gasteiger partial charge < -0.3 is 14.8 Å². The Labute approximate surface area is 159 Å². The first kappa shape index (κ1) is 16.8. The maximum Gasteiger partial charge on any atom is 0.174 e. The molecule has 0 amide bonds. The summed E-state index contributed by atoms with van der Waals surface area (Å²) in [4.78, 5) is 6.81. The number of aromatic nitrogens is 2. The predicted molar refractivity (Wildman–Crippen MR) is 109 cm³/mol. The third-order valence-corrected chi connectivity index (χ3v) is 5.09. The van der Waals surface area contributed by atoms with E-state index in [4.69, 9.17) is 12.2 Å². The molecule has 0 aliphatic carbocycles. The van der Waals surface area contributed by atoms with Crippen molar-refractivity contribution in [3.8, 4) is 0 Å². The summed E-state index contributed by atoms with van der Waals surface area (Å²) >= 11 is 5.75. The highest BCUT2D eigenvalue weighted by Crippen LogP contribution is 2.41. The molecule has 1 saturated heterocycles. The van der Waals surface area contributed by atoms with Crippen LogP contribution in [0.5, 0.6) is 0 Å². The first-order valence-corrected chi connectivity index (χ1v) is 9.14. The van der Waals surface area contributed by atoms with Crippen molar-refractivity contribution >= 4 is 23.0 Å². The number of hydrogen-bond donors (Lipinski definition) is 1. The molecule has 4 nitrogen and oxygen atoms in total. The van der Waals surface area contributed by atoms with Crippen molar-refractivity contribution in [3.63, 3.8) is 0 Å². The number of nitrogens with zero attached hydrogens (tertiary/aromatic N) is 3. The van der Waals surface area contributed by atoms with Crippen LogP contribution in [0.4, 0.5) is 5.69 Å². The summed E-state index contributed by atoms with van der Waals surface area (Å²) in [7, 11) is 2.04. The molecule has 4 rings (SSSR count). The summed E-state index contributed by atoms with van der Waals surface area (Å²) in [5, 5.41) is 4.24. The Bertz CT molecular complexity index is 927. The summed E-state index contributed by atoms with van der Waals surface area (Å²) < 4.78 is 2.08. The number of nitrogens with one attached hydrogen (secondary N) is 1. The van der Waals surface area contributed by atoms with Crippen molar-refractivity contribution in [2.45, 2.75) is 25.9 Å². The molecule has 1 aliphatic heterocycles. The van der Waals surface area contributed by atoms with Crippen LogP contribution in [0.3, 0.4) is 0 Å². The SMILES string of the molecule is Cc1cc(C)cc(N2C(=S)N[C@@H](c3ccccn3)[C@H]2c2ccn(C)c2)c1. The van der Waals surface area contributed by atoms with E-state index in [1.54, 1.807) is 0 Å². The first-order valence-electron chi connectivity index (χ1n) is 8.74. The number of pyridine rings is 1. The number of rotatable bonds is 3. The Morgan fingerprint density at radius 1 is 1.08 bits per heavy atom. The van der Waals surface area contributed by atoms with Crippen LogP contribution in [0.1, 0.15) is 34.5 Å². The van der Waals surface area contributed by atoms with E-state index in [1.165, 1.54) is 16.7 Å². The van der Waals surface area contributed by atoms with Crippen LogP contribution in [-0.2, 0) is 7.05 Å². The van der Waals surface area contributed by atoms with Gasteiger partial charge in [0.05, 0.1) is 17.8 Å². The maximum absolute atomic E-state index is 5.75. The van der Waals surface area contributed by atoms with Gasteiger partial charge in [-0.1, -0.05) is 12.1 Å². The molecule has 0 spiro atoms. The molecule has 5 heteroatoms. The van der Waals surface area contributed by atoms with Crippen molar-refractivity contribution in [3.05, 3.63) is 83.4 Å². The molecule has 26 heavy (non-hydrogen) atoms. The monoisotopic (exact) mass is 362 g/mol. The van der Waals surface area contributed by atoms with Gasteiger partial charge in [0.15, 0.2) is 5.11 Å². The Hall–Kier alpha value is -2.66. The molecule has 1 aromatic carbocycles. The van der Waals surface area contributed by atoms with Gasteiger partial charge in [0.25, 0.3) is 0 Å². The number of anilines is 1. The van der Waals surface area contributed by atoms with Gasteiger partial charge in [0.1, 0.15) is 0 Å². The van der Waals surface area contributed by atoms with Crippen molar-refractivity contribution < 1.29 is 0 Å². The van der Waals surface area contributed by atoms with Gasteiger partial charge in [-0.15, -0.1) is 0 Å². The average molecular weight is 363 g/mol. The third kappa shape index (κ3) is 2.99. The Kier molecular flexibility index (Phi) is 4.24. The molecule has 0 bridgehead atoms. The zero-order valence-corrected chi connectivity index (χ0v) is 16.0. The van der Waals surface area contributed by atoms with Crippen molar-refractivity contribution in [2.75, 3.05) is 4.90 Å². The van der Waals surface area contributed by atoms with Crippen LogP contribution in [0.2, 0.25) is 0 Å². The maximum atomic E-state index is 5.75. The highest BCUT2D eigenvalue weighted by atomic mass is 32.1. The van der Waals surface area contributed by atoms with Crippen molar-refractivity contribution in [1.29, 1.82) is 0 Å². The van der Waals surface area contributed by atoms with Gasteiger partial charge in [-0.2, -0.15) is 0 Å². The fraction of sp³-hybridized carbons (Fsp3) is 0.238. The van der Waals surface area contributed by atoms with Crippen molar-refractivity contribution in [1.82, 2.24) is 14.9 Å². The molecule has 0 unspecified atom stereocenters. The van der Waals surface area contributed by atoms with Crippen LogP contribution in [-0.4, -0.2) is 14.7 Å². The number of hydrogen-bond acceptors (Lipinski definition) is 2. The summed E-state index contributed by atoms with van der Waals surface area (Å²) in [6.45, 7) is 4.24. The van der Waals surface area contributed by atoms with Crippen LogP contribution >= 0.6 is 12.2 Å². The minimum absolute atomic E-state index is 0.00641. The molecule has 3 heterocycles. The smallest absolute Gasteiger partial charge is 0.174 e. The molecule has 3 aromatic rings. The molecule has 0 radical (unpaired) electrons. The van der Waals surface area contributed by atoms with E-state index in [0.717, 1.165) is 16.5 Å². The quantitative estimate of drug-likeness (QED) is 0.708. The molecule has 2 atom stereocenters. The lowest BCUT2D eigenvalue weighted by atomic mass is 9.98. The molecule has 132 valence electrons. The second-order valence-electron chi connectivity index (χ2n) is 6.95. The highest BCUT2D eigenvalue weighted by molar-refractivity contribution is 7.80. The van der Waals surface area contributed by atoms with Crippen LogP contribution in [0.25, 0.3) is 0 Å². The minimum Gasteiger partial charge on any atom is -0.357 e. The van der Waals surface area contributed by atoms with Gasteiger partial charge in [-0.3, -0.25) is 4.98 Å². The van der Waals surface area contributed by atoms with E-state index in [9.17, 15) is 0 Å². The predicted octanol–water partition coefficient (Wildman–Crippen LogP) is 4.21. The van der Waals surface area contributed by atoms with E-state index in [0.29, 0.717) is 0 Å². The largest absolute Gasteiger partial charge is 0.357 e. The van der Waals surface area contributed by atoms with E-state index in [-0.39, 0.29) is 12.1 Å². The number of thiocarbonyl (C=S) groups is 1. The average Bonchev–Trinajstić information content (AvgIpc) is 3.18. The lowest BCUT2D eigenvalue weighted by Crippen LogP contribution is -2.29. The molecule has 0 saturated carbocycles. The minimum atomic E-state index is 0.00641. The van der Waals surface area contributed by atoms with Crippen LogP contribution in [0, 0.1) is 13.8 Å². The second kappa shape index (κ2) is 6.57.